The molecule has 0 heterocycles. The van der Waals surface area contributed by atoms with Gasteiger partial charge in [0.2, 0.25) is 0 Å². The highest BCUT2D eigenvalue weighted by Gasteiger charge is 2.27. The molecule has 3 nitrogen and oxygen atoms in total. The quantitative estimate of drug-likeness (QED) is 0.853. The highest BCUT2D eigenvalue weighted by Crippen LogP contribution is 2.27. The van der Waals surface area contributed by atoms with Gasteiger partial charge in [0.25, 0.3) is 0 Å². The van der Waals surface area contributed by atoms with Crippen LogP contribution < -0.4 is 0 Å². The Morgan fingerprint density at radius 1 is 1.44 bits per heavy atom. The number of carboxylic acid groups (broad SMARTS) is 1. The molecule has 0 aliphatic carbocycles. The highest BCUT2D eigenvalue weighted by atomic mass is 19.1. The number of halogens is 1. The van der Waals surface area contributed by atoms with Gasteiger partial charge in [-0.2, -0.15) is 0 Å². The Hall–Kier alpha value is -1.42. The van der Waals surface area contributed by atoms with Crippen LogP contribution in [0, 0.1) is 11.7 Å². The number of hydrogen-bond acceptors (Lipinski definition) is 2. The standard InChI is InChI=1S/C12H16FNO2/c1-8(12(15)16)11(14(2)3)9-5-4-6-10(13)7-9/h4-8,11H,1-3H3,(H,15,16). The maximum absolute atomic E-state index is 13.1. The van der Waals surface area contributed by atoms with Crippen LogP contribution in [-0.2, 0) is 4.79 Å². The molecule has 1 aromatic carbocycles. The molecule has 0 aromatic heterocycles. The van der Waals surface area contributed by atoms with E-state index in [1.54, 1.807) is 38.1 Å². The van der Waals surface area contributed by atoms with Gasteiger partial charge in [0.1, 0.15) is 5.82 Å². The normalized spacial score (nSPS) is 14.8. The predicted molar refractivity (Wildman–Crippen MR) is 59.6 cm³/mol. The van der Waals surface area contributed by atoms with Crippen molar-refractivity contribution in [2.45, 2.75) is 13.0 Å². The van der Waals surface area contributed by atoms with Gasteiger partial charge in [-0.05, 0) is 31.8 Å². The molecule has 0 amide bonds. The zero-order chi connectivity index (χ0) is 12.3. The van der Waals surface area contributed by atoms with E-state index in [4.69, 9.17) is 5.11 Å². The zero-order valence-electron chi connectivity index (χ0n) is 9.64. The molecule has 1 rings (SSSR count). The topological polar surface area (TPSA) is 40.5 Å². The van der Waals surface area contributed by atoms with E-state index in [-0.39, 0.29) is 11.9 Å². The predicted octanol–water partition coefficient (Wildman–Crippen LogP) is 2.15. The van der Waals surface area contributed by atoms with Crippen molar-refractivity contribution >= 4 is 5.97 Å². The molecule has 88 valence electrons. The molecular weight excluding hydrogens is 209 g/mol. The van der Waals surface area contributed by atoms with Crippen molar-refractivity contribution in [3.05, 3.63) is 35.6 Å². The summed E-state index contributed by atoms with van der Waals surface area (Å²) in [4.78, 5) is 12.8. The molecule has 0 saturated heterocycles. The molecule has 2 unspecified atom stereocenters. The molecule has 4 heteroatoms. The summed E-state index contributed by atoms with van der Waals surface area (Å²) in [5, 5.41) is 9.01. The van der Waals surface area contributed by atoms with E-state index in [2.05, 4.69) is 0 Å². The van der Waals surface area contributed by atoms with Crippen LogP contribution in [0.4, 0.5) is 4.39 Å². The first-order valence-corrected chi connectivity index (χ1v) is 5.08. The third-order valence-electron chi connectivity index (χ3n) is 2.61. The zero-order valence-corrected chi connectivity index (χ0v) is 9.64. The van der Waals surface area contributed by atoms with Gasteiger partial charge >= 0.3 is 5.97 Å². The molecule has 16 heavy (non-hydrogen) atoms. The maximum atomic E-state index is 13.1. The first-order chi connectivity index (χ1) is 7.43. The van der Waals surface area contributed by atoms with Crippen LogP contribution in [0.15, 0.2) is 24.3 Å². The minimum absolute atomic E-state index is 0.326. The molecule has 1 N–H and O–H groups in total. The lowest BCUT2D eigenvalue weighted by molar-refractivity contribution is -0.143. The van der Waals surface area contributed by atoms with Gasteiger partial charge in [-0.1, -0.05) is 19.1 Å². The second-order valence-electron chi connectivity index (χ2n) is 4.09. The molecule has 0 radical (unpaired) electrons. The van der Waals surface area contributed by atoms with Gasteiger partial charge < -0.3 is 10.0 Å². The van der Waals surface area contributed by atoms with Gasteiger partial charge in [0, 0.05) is 6.04 Å². The van der Waals surface area contributed by atoms with Crippen molar-refractivity contribution in [3.8, 4) is 0 Å². The summed E-state index contributed by atoms with van der Waals surface area (Å²) in [6.45, 7) is 1.62. The molecule has 1 aromatic rings. The summed E-state index contributed by atoms with van der Waals surface area (Å²) in [6.07, 6.45) is 0. The Morgan fingerprint density at radius 2 is 2.06 bits per heavy atom. The summed E-state index contributed by atoms with van der Waals surface area (Å²) in [6, 6.07) is 5.74. The molecule has 2 atom stereocenters. The van der Waals surface area contributed by atoms with Crippen molar-refractivity contribution in [2.24, 2.45) is 5.92 Å². The van der Waals surface area contributed by atoms with Gasteiger partial charge in [0.15, 0.2) is 0 Å². The second-order valence-corrected chi connectivity index (χ2v) is 4.09. The number of carbonyl (C=O) groups is 1. The van der Waals surface area contributed by atoms with Crippen LogP contribution in [0.3, 0.4) is 0 Å². The van der Waals surface area contributed by atoms with E-state index in [1.165, 1.54) is 12.1 Å². The van der Waals surface area contributed by atoms with Gasteiger partial charge in [-0.25, -0.2) is 4.39 Å². The van der Waals surface area contributed by atoms with Crippen molar-refractivity contribution in [3.63, 3.8) is 0 Å². The van der Waals surface area contributed by atoms with E-state index in [1.807, 2.05) is 0 Å². The molecular formula is C12H16FNO2. The van der Waals surface area contributed by atoms with Gasteiger partial charge in [0.05, 0.1) is 5.92 Å². The summed E-state index contributed by atoms with van der Waals surface area (Å²) >= 11 is 0. The lowest BCUT2D eigenvalue weighted by Gasteiger charge is -2.28. The van der Waals surface area contributed by atoms with E-state index in [9.17, 15) is 9.18 Å². The molecule has 0 bridgehead atoms. The SMILES string of the molecule is CC(C(=O)O)C(c1cccc(F)c1)N(C)C. The Bertz CT molecular complexity index is 379. The Morgan fingerprint density at radius 3 is 2.50 bits per heavy atom. The van der Waals surface area contributed by atoms with Crippen molar-refractivity contribution in [1.82, 2.24) is 4.90 Å². The first-order valence-electron chi connectivity index (χ1n) is 5.08. The van der Waals surface area contributed by atoms with Gasteiger partial charge in [-0.3, -0.25) is 4.79 Å². The monoisotopic (exact) mass is 225 g/mol. The third kappa shape index (κ3) is 2.79. The molecule has 0 aliphatic rings. The number of aliphatic carboxylic acids is 1. The summed E-state index contributed by atoms with van der Waals surface area (Å²) in [5.41, 5.74) is 0.680. The number of nitrogens with zero attached hydrogens (tertiary/aromatic N) is 1. The Labute approximate surface area is 94.5 Å². The number of benzene rings is 1. The van der Waals surface area contributed by atoms with Crippen LogP contribution in [0.5, 0.6) is 0 Å². The lowest BCUT2D eigenvalue weighted by atomic mass is 9.93. The summed E-state index contributed by atoms with van der Waals surface area (Å²) in [5.74, 6) is -1.82. The summed E-state index contributed by atoms with van der Waals surface area (Å²) in [7, 11) is 3.57. The molecule has 0 saturated carbocycles. The molecule has 0 fully saturated rings. The number of hydrogen-bond donors (Lipinski definition) is 1. The van der Waals surface area contributed by atoms with E-state index < -0.39 is 11.9 Å². The average molecular weight is 225 g/mol. The minimum Gasteiger partial charge on any atom is -0.481 e. The van der Waals surface area contributed by atoms with E-state index >= 15 is 0 Å². The lowest BCUT2D eigenvalue weighted by Crippen LogP contribution is -2.30. The van der Waals surface area contributed by atoms with Gasteiger partial charge in [-0.15, -0.1) is 0 Å². The second kappa shape index (κ2) is 5.07. The fourth-order valence-corrected chi connectivity index (χ4v) is 1.86. The third-order valence-corrected chi connectivity index (χ3v) is 2.61. The fraction of sp³-hybridized carbons (Fsp3) is 0.417. The Kier molecular flexibility index (Phi) is 4.01. The summed E-state index contributed by atoms with van der Waals surface area (Å²) < 4.78 is 13.1. The largest absolute Gasteiger partial charge is 0.481 e. The van der Waals surface area contributed by atoms with Crippen LogP contribution >= 0.6 is 0 Å². The van der Waals surface area contributed by atoms with E-state index in [0.29, 0.717) is 5.56 Å². The average Bonchev–Trinajstić information content (AvgIpc) is 2.17. The maximum Gasteiger partial charge on any atom is 0.308 e. The number of carboxylic acids is 1. The van der Waals surface area contributed by atoms with Crippen LogP contribution in [-0.4, -0.2) is 30.1 Å². The molecule has 0 spiro atoms. The Balaban J connectivity index is 3.07. The smallest absolute Gasteiger partial charge is 0.308 e. The number of rotatable bonds is 4. The first kappa shape index (κ1) is 12.6. The highest BCUT2D eigenvalue weighted by molar-refractivity contribution is 5.70. The molecule has 0 aliphatic heterocycles. The fourth-order valence-electron chi connectivity index (χ4n) is 1.86. The van der Waals surface area contributed by atoms with Crippen molar-refractivity contribution in [1.29, 1.82) is 0 Å². The minimum atomic E-state index is -0.886. The van der Waals surface area contributed by atoms with Crippen LogP contribution in [0.2, 0.25) is 0 Å². The van der Waals surface area contributed by atoms with Crippen molar-refractivity contribution < 1.29 is 14.3 Å². The van der Waals surface area contributed by atoms with E-state index in [0.717, 1.165) is 0 Å². The van der Waals surface area contributed by atoms with Crippen LogP contribution in [0.1, 0.15) is 18.5 Å². The van der Waals surface area contributed by atoms with Crippen LogP contribution in [0.25, 0.3) is 0 Å². The van der Waals surface area contributed by atoms with Crippen molar-refractivity contribution in [2.75, 3.05) is 14.1 Å².